The molecule has 4 N–H and O–H groups in total. The van der Waals surface area contributed by atoms with E-state index in [1.165, 1.54) is 0 Å². The molecule has 0 aliphatic heterocycles. The number of aromatic nitrogens is 4. The van der Waals surface area contributed by atoms with Crippen LogP contribution in [0.15, 0.2) is 84.9 Å². The molecule has 2 aromatic heterocycles. The third-order valence-electron chi connectivity index (χ3n) is 7.48. The van der Waals surface area contributed by atoms with Crippen molar-refractivity contribution in [2.75, 3.05) is 10.6 Å². The predicted molar refractivity (Wildman–Crippen MR) is 165 cm³/mol. The zero-order valence-electron chi connectivity index (χ0n) is 22.8. The third kappa shape index (κ3) is 5.17. The molecule has 2 heterocycles. The van der Waals surface area contributed by atoms with E-state index in [0.717, 1.165) is 71.2 Å². The summed E-state index contributed by atoms with van der Waals surface area (Å²) in [5.74, 6) is 1.04. The van der Waals surface area contributed by atoms with Crippen molar-refractivity contribution in [3.8, 4) is 22.8 Å². The summed E-state index contributed by atoms with van der Waals surface area (Å²) in [4.78, 5) is 42.1. The Morgan fingerprint density at radius 2 is 1.07 bits per heavy atom. The summed E-state index contributed by atoms with van der Waals surface area (Å²) in [6.45, 7) is 0. The maximum Gasteiger partial charge on any atom is 0.255 e. The number of fused-ring (bicyclic) bond motifs is 2. The van der Waals surface area contributed by atoms with Crippen molar-refractivity contribution in [2.45, 2.75) is 25.7 Å². The zero-order valence-corrected chi connectivity index (χ0v) is 22.8. The Balaban J connectivity index is 1.01. The first-order valence-electron chi connectivity index (χ1n) is 14.0. The van der Waals surface area contributed by atoms with E-state index in [1.807, 2.05) is 48.5 Å². The Kier molecular flexibility index (Phi) is 6.56. The maximum atomic E-state index is 13.0. The van der Waals surface area contributed by atoms with E-state index in [9.17, 15) is 9.59 Å². The molecule has 2 aliphatic carbocycles. The molecule has 0 spiro atoms. The number of carbonyl (C=O) groups is 2. The normalized spacial score (nSPS) is 13.3. The van der Waals surface area contributed by atoms with Crippen molar-refractivity contribution in [1.29, 1.82) is 0 Å². The third-order valence-corrected chi connectivity index (χ3v) is 7.48. The van der Waals surface area contributed by atoms with Crippen LogP contribution in [0.5, 0.6) is 0 Å². The van der Waals surface area contributed by atoms with Gasteiger partial charge in [0.25, 0.3) is 11.8 Å². The lowest BCUT2D eigenvalue weighted by Crippen LogP contribution is -2.14. The van der Waals surface area contributed by atoms with Crippen molar-refractivity contribution in [2.24, 2.45) is 0 Å². The number of nitrogens with one attached hydrogen (secondary N) is 4. The summed E-state index contributed by atoms with van der Waals surface area (Å²) < 4.78 is 0. The Hall–Kier alpha value is -5.50. The number of aromatic amines is 2. The van der Waals surface area contributed by atoms with Crippen LogP contribution < -0.4 is 10.6 Å². The summed E-state index contributed by atoms with van der Waals surface area (Å²) in [6.07, 6.45) is 12.2. The first-order valence-corrected chi connectivity index (χ1v) is 14.0. The lowest BCUT2D eigenvalue weighted by atomic mass is 10.1. The van der Waals surface area contributed by atoms with Crippen LogP contribution in [0.4, 0.5) is 11.4 Å². The number of allylic oxidation sites excluding steroid dienone is 2. The highest BCUT2D eigenvalue weighted by molar-refractivity contribution is 6.07. The minimum absolute atomic E-state index is 0.260. The molecule has 0 fully saturated rings. The second-order valence-corrected chi connectivity index (χ2v) is 10.4. The molecule has 42 heavy (non-hydrogen) atoms. The van der Waals surface area contributed by atoms with E-state index in [2.05, 4.69) is 44.9 Å². The number of nitrogens with zero attached hydrogens (tertiary/aromatic N) is 2. The largest absolute Gasteiger partial charge is 0.338 e. The van der Waals surface area contributed by atoms with Gasteiger partial charge in [-0.25, -0.2) is 9.97 Å². The first kappa shape index (κ1) is 25.5. The number of benzene rings is 3. The molecular weight excluding hydrogens is 524 g/mol. The van der Waals surface area contributed by atoms with Crippen LogP contribution in [0.25, 0.3) is 34.9 Å². The quantitative estimate of drug-likeness (QED) is 0.184. The molecule has 2 aliphatic rings. The molecule has 2 amide bonds. The van der Waals surface area contributed by atoms with Gasteiger partial charge < -0.3 is 20.6 Å². The molecule has 0 atom stereocenters. The van der Waals surface area contributed by atoms with E-state index in [1.54, 1.807) is 24.3 Å². The van der Waals surface area contributed by atoms with Gasteiger partial charge >= 0.3 is 0 Å². The molecule has 8 heteroatoms. The van der Waals surface area contributed by atoms with Gasteiger partial charge in [0.2, 0.25) is 0 Å². The van der Waals surface area contributed by atoms with Crippen LogP contribution in [0.2, 0.25) is 0 Å². The molecule has 8 nitrogen and oxygen atoms in total. The molecular formula is C34H28N6O2. The van der Waals surface area contributed by atoms with Crippen LogP contribution in [-0.2, 0) is 12.8 Å². The van der Waals surface area contributed by atoms with Gasteiger partial charge in [-0.3, -0.25) is 9.59 Å². The molecule has 0 saturated carbocycles. The Labute approximate surface area is 242 Å². The highest BCUT2D eigenvalue weighted by Gasteiger charge is 2.15. The number of carbonyl (C=O) groups excluding carboxylic acids is 2. The van der Waals surface area contributed by atoms with E-state index in [-0.39, 0.29) is 11.8 Å². The van der Waals surface area contributed by atoms with Crippen molar-refractivity contribution < 1.29 is 9.59 Å². The van der Waals surface area contributed by atoms with Gasteiger partial charge in [0.05, 0.1) is 22.8 Å². The summed E-state index contributed by atoms with van der Waals surface area (Å²) in [5.41, 5.74) is 8.23. The van der Waals surface area contributed by atoms with Crippen molar-refractivity contribution in [3.63, 3.8) is 0 Å². The lowest BCUT2D eigenvalue weighted by molar-refractivity contribution is 0.101. The van der Waals surface area contributed by atoms with Crippen molar-refractivity contribution in [3.05, 3.63) is 119 Å². The SMILES string of the molecule is O=C(Nc1cccc(-c2nc3c([nH]2)C=CCC3)c1)c1ccc(C(=O)Nc2cccc(-c3nc4c([nH]3)C=CCC4)c2)cc1. The lowest BCUT2D eigenvalue weighted by Gasteiger charge is -2.09. The number of amides is 2. The summed E-state index contributed by atoms with van der Waals surface area (Å²) in [6, 6.07) is 21.8. The second-order valence-electron chi connectivity index (χ2n) is 10.4. The van der Waals surface area contributed by atoms with Crippen LogP contribution in [0, 0.1) is 0 Å². The van der Waals surface area contributed by atoms with Gasteiger partial charge in [-0.1, -0.05) is 36.4 Å². The second kappa shape index (κ2) is 10.8. The van der Waals surface area contributed by atoms with Gasteiger partial charge in [0.1, 0.15) is 11.6 Å². The van der Waals surface area contributed by atoms with Gasteiger partial charge in [0.15, 0.2) is 0 Å². The monoisotopic (exact) mass is 552 g/mol. The van der Waals surface area contributed by atoms with E-state index in [0.29, 0.717) is 22.5 Å². The number of aryl methyl sites for hydroxylation is 2. The van der Waals surface area contributed by atoms with E-state index < -0.39 is 0 Å². The number of H-pyrrole nitrogens is 2. The number of imidazole rings is 2. The van der Waals surface area contributed by atoms with Gasteiger partial charge in [-0.15, -0.1) is 0 Å². The van der Waals surface area contributed by atoms with Gasteiger partial charge in [-0.2, -0.15) is 0 Å². The van der Waals surface area contributed by atoms with Gasteiger partial charge in [-0.05, 0) is 86.4 Å². The number of hydrogen-bond donors (Lipinski definition) is 4. The smallest absolute Gasteiger partial charge is 0.255 e. The molecule has 3 aromatic carbocycles. The standard InChI is InChI=1S/C34H28N6O2/c41-33(35-25-9-5-7-23(19-25)31-37-27-11-1-2-12-28(27)38-31)21-15-17-22(18-16-21)34(42)36-26-10-6-8-24(20-26)32-39-29-13-3-4-14-30(29)40-32/h1,3,5-11,13,15-20H,2,4,12,14H2,(H,35,41)(H,36,42)(H,37,38)(H,39,40). The van der Waals surface area contributed by atoms with Crippen molar-refractivity contribution >= 4 is 35.3 Å². The van der Waals surface area contributed by atoms with E-state index >= 15 is 0 Å². The molecule has 0 saturated heterocycles. The first-order chi connectivity index (χ1) is 20.6. The number of rotatable bonds is 6. The predicted octanol–water partition coefficient (Wildman–Crippen LogP) is 6.89. The fourth-order valence-corrected chi connectivity index (χ4v) is 5.29. The fraction of sp³-hybridized carbons (Fsp3) is 0.118. The zero-order chi connectivity index (χ0) is 28.5. The van der Waals surface area contributed by atoms with Gasteiger partial charge in [0, 0.05) is 33.6 Å². The highest BCUT2D eigenvalue weighted by atomic mass is 16.2. The topological polar surface area (TPSA) is 116 Å². The van der Waals surface area contributed by atoms with Crippen LogP contribution in [0.1, 0.15) is 56.3 Å². The number of anilines is 2. The average Bonchev–Trinajstić information content (AvgIpc) is 3.66. The summed E-state index contributed by atoms with van der Waals surface area (Å²) in [5, 5.41) is 5.90. The van der Waals surface area contributed by atoms with Crippen LogP contribution in [0.3, 0.4) is 0 Å². The Morgan fingerprint density at radius 3 is 1.50 bits per heavy atom. The Bertz CT molecular complexity index is 1740. The molecule has 0 unspecified atom stereocenters. The van der Waals surface area contributed by atoms with Crippen LogP contribution in [-0.4, -0.2) is 31.8 Å². The summed E-state index contributed by atoms with van der Waals surface area (Å²) in [7, 11) is 0. The molecule has 5 aromatic rings. The molecule has 206 valence electrons. The van der Waals surface area contributed by atoms with Crippen LogP contribution >= 0.6 is 0 Å². The van der Waals surface area contributed by atoms with E-state index in [4.69, 9.17) is 9.97 Å². The molecule has 7 rings (SSSR count). The molecule has 0 bridgehead atoms. The number of hydrogen-bond acceptors (Lipinski definition) is 4. The van der Waals surface area contributed by atoms with Crippen molar-refractivity contribution in [1.82, 2.24) is 19.9 Å². The minimum Gasteiger partial charge on any atom is -0.338 e. The molecule has 0 radical (unpaired) electrons. The average molecular weight is 553 g/mol. The Morgan fingerprint density at radius 1 is 0.619 bits per heavy atom. The highest BCUT2D eigenvalue weighted by Crippen LogP contribution is 2.27. The minimum atomic E-state index is -0.260. The maximum absolute atomic E-state index is 13.0. The summed E-state index contributed by atoms with van der Waals surface area (Å²) >= 11 is 0. The fourth-order valence-electron chi connectivity index (χ4n) is 5.29.